The first-order chi connectivity index (χ1) is 54.5. The lowest BCUT2D eigenvalue weighted by Gasteiger charge is -2.31. The minimum absolute atomic E-state index is 0.188. The van der Waals surface area contributed by atoms with E-state index in [0.717, 1.165) is 108 Å². The van der Waals surface area contributed by atoms with Crippen molar-refractivity contribution in [2.75, 3.05) is 233 Å². The van der Waals surface area contributed by atoms with Crippen molar-refractivity contribution in [1.29, 1.82) is 0 Å². The molecule has 0 atom stereocenters. The van der Waals surface area contributed by atoms with Crippen molar-refractivity contribution in [3.05, 3.63) is 34.9 Å². The maximum Gasteiger partial charge on any atom is 0.419 e. The molecule has 4 amide bonds. The number of ether oxygens (including phenoxy) is 24. The van der Waals surface area contributed by atoms with Gasteiger partial charge in [-0.3, -0.25) is 19.2 Å². The van der Waals surface area contributed by atoms with Gasteiger partial charge in [0, 0.05) is 129 Å². The normalized spacial score (nSPS) is 10.7. The van der Waals surface area contributed by atoms with Crippen LogP contribution in [0.3, 0.4) is 0 Å². The summed E-state index contributed by atoms with van der Waals surface area (Å²) >= 11 is 0. The van der Waals surface area contributed by atoms with Crippen LogP contribution in [0.1, 0.15) is 94.7 Å². The van der Waals surface area contributed by atoms with Crippen LogP contribution >= 0.6 is 0 Å². The summed E-state index contributed by atoms with van der Waals surface area (Å²) in [6, 6.07) is 0. The van der Waals surface area contributed by atoms with Crippen LogP contribution in [0.2, 0.25) is 0 Å². The molecular formula is C70H118N8O36. The lowest BCUT2D eigenvalue weighted by molar-refractivity contribution is -0.176. The van der Waals surface area contributed by atoms with E-state index in [2.05, 4.69) is 114 Å². The van der Waals surface area contributed by atoms with Gasteiger partial charge in [-0.15, -0.1) is 0 Å². The molecule has 44 heteroatoms. The van der Waals surface area contributed by atoms with Crippen molar-refractivity contribution >= 4 is 72.1 Å². The molecule has 2 aromatic rings. The van der Waals surface area contributed by atoms with Crippen LogP contribution in [0.4, 0.5) is 19.2 Å². The summed E-state index contributed by atoms with van der Waals surface area (Å²) in [5.74, 6) is -0.768. The molecule has 0 radical (unpaired) electrons. The number of esters is 8. The zero-order valence-corrected chi connectivity index (χ0v) is 69.3. The quantitative estimate of drug-likeness (QED) is 0.0521. The number of imide groups is 2. The third kappa shape index (κ3) is 50.1. The number of hydrogen-bond acceptors (Lipinski definition) is 42. The predicted octanol–water partition coefficient (Wildman–Crippen LogP) is 2.55. The molecule has 2 aromatic heterocycles. The lowest BCUT2D eigenvalue weighted by Crippen LogP contribution is -2.45. The van der Waals surface area contributed by atoms with E-state index in [1.165, 1.54) is 56.9 Å². The van der Waals surface area contributed by atoms with Gasteiger partial charge in [0.05, 0.1) is 99.1 Å². The molecule has 0 bridgehead atoms. The molecule has 2 heterocycles. The molecule has 0 aliphatic rings. The van der Waals surface area contributed by atoms with Crippen LogP contribution < -0.4 is 0 Å². The molecule has 0 N–H and O–H groups in total. The molecule has 0 fully saturated rings. The molecule has 0 saturated carbocycles. The Kier molecular flexibility index (Phi) is 64.2. The highest BCUT2D eigenvalue weighted by Crippen LogP contribution is 2.37. The van der Waals surface area contributed by atoms with Crippen LogP contribution in [0.25, 0.3) is 0 Å². The van der Waals surface area contributed by atoms with E-state index in [0.29, 0.717) is 36.2 Å². The SMILES string of the molecule is CCc1nc(CC)nc(CCCc2nc(CC)nc(CC)n2)n1.COC(=O)N(CCN(C(=O)OC)C(=O)OC)C(=O)OC.COCC(=O)OCC(COC(=O)COC)(COC(=O)COC)COC(=O)COC.COCC(COC)(COC)COC.COCOC(=O)CC(CC(=O)OCOC)(CC(=O)OCOC)CC(=O)OCOC. The van der Waals surface area contributed by atoms with Gasteiger partial charge in [0.2, 0.25) is 0 Å². The second-order valence-corrected chi connectivity index (χ2v) is 23.6. The number of hydrogen-bond donors (Lipinski definition) is 0. The van der Waals surface area contributed by atoms with E-state index in [-0.39, 0.29) is 72.1 Å². The average molecular weight is 1650 g/mol. The smallest absolute Gasteiger partial charge is 0.419 e. The number of nitrogens with zero attached hydrogens (tertiary/aromatic N) is 8. The van der Waals surface area contributed by atoms with Gasteiger partial charge in [0.25, 0.3) is 0 Å². The van der Waals surface area contributed by atoms with E-state index in [4.69, 9.17) is 56.8 Å². The Hall–Kier alpha value is -9.22. The third-order valence-corrected chi connectivity index (χ3v) is 14.2. The zero-order chi connectivity index (χ0) is 86.8. The fourth-order valence-corrected chi connectivity index (χ4v) is 9.06. The highest BCUT2D eigenvalue weighted by molar-refractivity contribution is 5.89. The third-order valence-electron chi connectivity index (χ3n) is 14.2. The van der Waals surface area contributed by atoms with Crippen LogP contribution in [-0.4, -0.2) is 345 Å². The summed E-state index contributed by atoms with van der Waals surface area (Å²) in [4.78, 5) is 169. The summed E-state index contributed by atoms with van der Waals surface area (Å²) in [7, 11) is 21.4. The van der Waals surface area contributed by atoms with E-state index in [1.807, 2.05) is 0 Å². The average Bonchev–Trinajstić information content (AvgIpc) is 0.824. The Morgan fingerprint density at radius 3 is 0.649 bits per heavy atom. The van der Waals surface area contributed by atoms with Gasteiger partial charge in [-0.1, -0.05) is 27.7 Å². The van der Waals surface area contributed by atoms with Crippen LogP contribution in [0, 0.1) is 16.2 Å². The summed E-state index contributed by atoms with van der Waals surface area (Å²) in [6.07, 6.45) is 0.0600. The van der Waals surface area contributed by atoms with Crippen molar-refractivity contribution in [2.45, 2.75) is 98.3 Å². The lowest BCUT2D eigenvalue weighted by atomic mass is 9.75. The number of methoxy groups -OCH3 is 16. The van der Waals surface area contributed by atoms with Crippen molar-refractivity contribution in [3.63, 3.8) is 0 Å². The second-order valence-electron chi connectivity index (χ2n) is 23.6. The van der Waals surface area contributed by atoms with E-state index < -0.39 is 135 Å². The molecule has 0 spiro atoms. The molecule has 654 valence electrons. The standard InChI is InChI=1S/C17H26N6.2C17H28O12.C10H16N2O8.C9H20O4/c1-5-12-18-13(6-2)21-16(20-12)10-9-11-17-22-14(7-3)19-15(8-4)23-17;1-22-5-13(18)26-9-17(10-27-14(19)6-23-2,11-28-15(20)7-24-3)12-29-16(21)8-25-4;1-22-9-26-13(18)5-17(6-14(19)27-10-23-2,7-15(20)28-11-24-3)8-16(21)29-12-25-4;1-17-7(13)11(8(14)18-2)5-6-12(9(15)19-3)10(16)20-4;1-10-5-9(6-11-2,7-12-3)8-13-4/h5-11H2,1-4H3;2*5-12H2,1-4H3;5-6H2,1-4H3;5-8H2,1-4H3. The first kappa shape index (κ1) is 109. The number of carbonyl (C=O) groups excluding carboxylic acids is 12. The van der Waals surface area contributed by atoms with Gasteiger partial charge in [-0.2, -0.15) is 0 Å². The fraction of sp³-hybridized carbons (Fsp3) is 0.743. The maximum absolute atomic E-state index is 12.2. The number of aromatic nitrogens is 6. The van der Waals surface area contributed by atoms with Gasteiger partial charge in [-0.05, 0) is 6.42 Å². The Morgan fingerprint density at radius 1 is 0.254 bits per heavy atom. The number of rotatable bonds is 51. The zero-order valence-electron chi connectivity index (χ0n) is 69.3. The van der Waals surface area contributed by atoms with E-state index in [9.17, 15) is 57.5 Å². The van der Waals surface area contributed by atoms with E-state index >= 15 is 0 Å². The van der Waals surface area contributed by atoms with Crippen molar-refractivity contribution in [1.82, 2.24) is 39.7 Å². The molecule has 0 aliphatic heterocycles. The molecular weight excluding hydrogens is 1530 g/mol. The summed E-state index contributed by atoms with van der Waals surface area (Å²) in [6.45, 7) is 5.64. The van der Waals surface area contributed by atoms with Crippen LogP contribution in [-0.2, 0) is 191 Å². The van der Waals surface area contributed by atoms with Gasteiger partial charge in [0.1, 0.15) is 93.2 Å². The maximum atomic E-state index is 12.2. The first-order valence-electron chi connectivity index (χ1n) is 34.9. The number of aryl methyl sites for hydroxylation is 6. The molecule has 2 rings (SSSR count). The van der Waals surface area contributed by atoms with E-state index in [1.54, 1.807) is 28.4 Å². The van der Waals surface area contributed by atoms with Gasteiger partial charge < -0.3 is 114 Å². The molecule has 0 aliphatic carbocycles. The summed E-state index contributed by atoms with van der Waals surface area (Å²) in [5.41, 5.74) is -3.10. The highest BCUT2D eigenvalue weighted by atomic mass is 16.7. The fourth-order valence-electron chi connectivity index (χ4n) is 9.06. The van der Waals surface area contributed by atoms with Crippen LogP contribution in [0.5, 0.6) is 0 Å². The molecule has 114 heavy (non-hydrogen) atoms. The molecule has 0 unspecified atom stereocenters. The van der Waals surface area contributed by atoms with Gasteiger partial charge in [0.15, 0.2) is 27.2 Å². The Morgan fingerprint density at radius 2 is 0.465 bits per heavy atom. The first-order valence-corrected chi connectivity index (χ1v) is 34.9. The van der Waals surface area contributed by atoms with Crippen molar-refractivity contribution in [2.24, 2.45) is 16.2 Å². The Bertz CT molecular complexity index is 2700. The highest BCUT2D eigenvalue weighted by Gasteiger charge is 2.43. The van der Waals surface area contributed by atoms with Crippen molar-refractivity contribution in [3.8, 4) is 0 Å². The Labute approximate surface area is 663 Å². The minimum atomic E-state index is -1.54. The summed E-state index contributed by atoms with van der Waals surface area (Å²) in [5, 5.41) is 0. The number of carbonyl (C=O) groups is 12. The largest absolute Gasteiger partial charge is 0.463 e. The predicted molar refractivity (Wildman–Crippen MR) is 389 cm³/mol. The van der Waals surface area contributed by atoms with Crippen molar-refractivity contribution < 1.29 is 171 Å². The van der Waals surface area contributed by atoms with Crippen LogP contribution in [0.15, 0.2) is 0 Å². The topological polar surface area (TPSA) is 510 Å². The molecule has 0 aromatic carbocycles. The monoisotopic (exact) mass is 1650 g/mol. The van der Waals surface area contributed by atoms with Gasteiger partial charge >= 0.3 is 72.1 Å². The minimum Gasteiger partial charge on any atom is -0.463 e. The molecule has 44 nitrogen and oxygen atoms in total. The second kappa shape index (κ2) is 67.1. The summed E-state index contributed by atoms with van der Waals surface area (Å²) < 4.78 is 115. The molecule has 0 saturated heterocycles. The Balaban J connectivity index is -0.00000138. The van der Waals surface area contributed by atoms with Gasteiger partial charge in [-0.25, -0.2) is 78.1 Å². The number of amides is 4.